The third-order valence-electron chi connectivity index (χ3n) is 2.36. The number of nitrogens with zero attached hydrogens (tertiary/aromatic N) is 1. The summed E-state index contributed by atoms with van der Waals surface area (Å²) in [6, 6.07) is 10.1. The van der Waals surface area contributed by atoms with Gasteiger partial charge in [-0.25, -0.2) is 4.99 Å². The average Bonchev–Trinajstić information content (AvgIpc) is 2.31. The normalized spacial score (nSPS) is 24.6. The van der Waals surface area contributed by atoms with E-state index in [4.69, 9.17) is 0 Å². The van der Waals surface area contributed by atoms with Crippen LogP contribution in [0.15, 0.2) is 47.6 Å². The minimum Gasteiger partial charge on any atom is -0.353 e. The second kappa shape index (κ2) is 3.64. The molecule has 1 aliphatic rings. The number of hydrogen-bond acceptors (Lipinski definition) is 3. The summed E-state index contributed by atoms with van der Waals surface area (Å²) in [6.45, 7) is 0. The molecule has 0 spiro atoms. The molecular formula is C11H13N3. The van der Waals surface area contributed by atoms with Gasteiger partial charge in [0.05, 0.1) is 6.34 Å². The standard InChI is InChI=1S/C11H13N3/c1-12-11(7-8-13-9-14-11)10-5-3-2-4-6-10/h2-9,12H,1H3,(H,13,14). The van der Waals surface area contributed by atoms with Crippen molar-refractivity contribution >= 4 is 6.34 Å². The van der Waals surface area contributed by atoms with Gasteiger partial charge >= 0.3 is 0 Å². The molecule has 2 rings (SSSR count). The molecule has 14 heavy (non-hydrogen) atoms. The van der Waals surface area contributed by atoms with Crippen LogP contribution in [-0.4, -0.2) is 13.4 Å². The van der Waals surface area contributed by atoms with E-state index in [1.807, 2.05) is 37.5 Å². The Balaban J connectivity index is 2.42. The lowest BCUT2D eigenvalue weighted by Crippen LogP contribution is -2.39. The van der Waals surface area contributed by atoms with E-state index in [1.54, 1.807) is 6.34 Å². The first-order valence-corrected chi connectivity index (χ1v) is 4.59. The summed E-state index contributed by atoms with van der Waals surface area (Å²) in [6.07, 6.45) is 5.59. The van der Waals surface area contributed by atoms with E-state index >= 15 is 0 Å². The molecule has 0 saturated carbocycles. The number of benzene rings is 1. The zero-order valence-electron chi connectivity index (χ0n) is 8.07. The van der Waals surface area contributed by atoms with Crippen LogP contribution in [0.2, 0.25) is 0 Å². The number of likely N-dealkylation sites (N-methyl/N-ethyl adjacent to an activating group) is 1. The summed E-state index contributed by atoms with van der Waals surface area (Å²) in [5.41, 5.74) is 0.725. The quantitative estimate of drug-likeness (QED) is 0.730. The Hall–Kier alpha value is -1.61. The van der Waals surface area contributed by atoms with Gasteiger partial charge in [0.25, 0.3) is 0 Å². The molecule has 72 valence electrons. The molecule has 0 saturated heterocycles. The van der Waals surface area contributed by atoms with Crippen LogP contribution < -0.4 is 10.6 Å². The molecule has 0 aliphatic carbocycles. The Kier molecular flexibility index (Phi) is 2.33. The van der Waals surface area contributed by atoms with Crippen molar-refractivity contribution in [2.75, 3.05) is 7.05 Å². The van der Waals surface area contributed by atoms with Crippen LogP contribution in [0.1, 0.15) is 5.56 Å². The van der Waals surface area contributed by atoms with Gasteiger partial charge in [-0.1, -0.05) is 30.3 Å². The Morgan fingerprint density at radius 1 is 1.29 bits per heavy atom. The van der Waals surface area contributed by atoms with Crippen molar-refractivity contribution in [3.8, 4) is 0 Å². The van der Waals surface area contributed by atoms with Gasteiger partial charge in [0.15, 0.2) is 5.66 Å². The zero-order valence-corrected chi connectivity index (χ0v) is 8.07. The molecule has 3 heteroatoms. The van der Waals surface area contributed by atoms with E-state index in [2.05, 4.69) is 27.8 Å². The maximum atomic E-state index is 4.42. The molecule has 1 aromatic rings. The molecule has 0 aromatic heterocycles. The second-order valence-corrected chi connectivity index (χ2v) is 3.14. The second-order valence-electron chi connectivity index (χ2n) is 3.14. The summed E-state index contributed by atoms with van der Waals surface area (Å²) in [5, 5.41) is 6.14. The lowest BCUT2D eigenvalue weighted by Gasteiger charge is -2.28. The Bertz CT molecular complexity index is 342. The smallest absolute Gasteiger partial charge is 0.158 e. The molecule has 1 atom stereocenters. The van der Waals surface area contributed by atoms with Gasteiger partial charge in [0.1, 0.15) is 0 Å². The van der Waals surface area contributed by atoms with Crippen LogP contribution in [0.3, 0.4) is 0 Å². The van der Waals surface area contributed by atoms with Gasteiger partial charge < -0.3 is 5.32 Å². The highest BCUT2D eigenvalue weighted by Crippen LogP contribution is 2.24. The molecule has 1 aromatic carbocycles. The maximum absolute atomic E-state index is 4.42. The first kappa shape index (κ1) is 8.97. The largest absolute Gasteiger partial charge is 0.353 e. The molecule has 1 aliphatic heterocycles. The van der Waals surface area contributed by atoms with Crippen molar-refractivity contribution in [3.05, 3.63) is 48.2 Å². The SMILES string of the molecule is CNC1(c2ccccc2)C=CNC=N1. The van der Waals surface area contributed by atoms with Crippen LogP contribution in [0.5, 0.6) is 0 Å². The molecule has 0 radical (unpaired) electrons. The summed E-state index contributed by atoms with van der Waals surface area (Å²) < 4.78 is 0. The van der Waals surface area contributed by atoms with Gasteiger partial charge in [-0.15, -0.1) is 0 Å². The highest BCUT2D eigenvalue weighted by molar-refractivity contribution is 5.59. The fourth-order valence-corrected chi connectivity index (χ4v) is 1.55. The average molecular weight is 187 g/mol. The lowest BCUT2D eigenvalue weighted by atomic mass is 9.99. The van der Waals surface area contributed by atoms with Crippen LogP contribution >= 0.6 is 0 Å². The molecule has 2 N–H and O–H groups in total. The summed E-state index contributed by atoms with van der Waals surface area (Å²) in [4.78, 5) is 4.42. The van der Waals surface area contributed by atoms with Crippen molar-refractivity contribution in [3.63, 3.8) is 0 Å². The molecule has 0 amide bonds. The molecule has 3 nitrogen and oxygen atoms in total. The van der Waals surface area contributed by atoms with E-state index in [0.29, 0.717) is 0 Å². The van der Waals surface area contributed by atoms with Crippen LogP contribution in [0.4, 0.5) is 0 Å². The fraction of sp³-hybridized carbons (Fsp3) is 0.182. The van der Waals surface area contributed by atoms with Crippen molar-refractivity contribution in [1.82, 2.24) is 10.6 Å². The van der Waals surface area contributed by atoms with E-state index < -0.39 is 5.66 Å². The number of hydrogen-bond donors (Lipinski definition) is 2. The molecule has 1 heterocycles. The third kappa shape index (κ3) is 1.42. The minimum absolute atomic E-state index is 0.410. The Morgan fingerprint density at radius 3 is 2.64 bits per heavy atom. The predicted molar refractivity (Wildman–Crippen MR) is 57.9 cm³/mol. The van der Waals surface area contributed by atoms with Gasteiger partial charge in [-0.3, -0.25) is 5.32 Å². The molecule has 0 bridgehead atoms. The summed E-state index contributed by atoms with van der Waals surface area (Å²) >= 11 is 0. The first-order chi connectivity index (χ1) is 6.87. The van der Waals surface area contributed by atoms with Crippen molar-refractivity contribution in [1.29, 1.82) is 0 Å². The molecule has 0 fully saturated rings. The van der Waals surface area contributed by atoms with Crippen molar-refractivity contribution < 1.29 is 0 Å². The van der Waals surface area contributed by atoms with E-state index in [9.17, 15) is 0 Å². The highest BCUT2D eigenvalue weighted by Gasteiger charge is 2.26. The minimum atomic E-state index is -0.410. The van der Waals surface area contributed by atoms with Gasteiger partial charge in [0, 0.05) is 6.20 Å². The Morgan fingerprint density at radius 2 is 2.07 bits per heavy atom. The number of rotatable bonds is 2. The van der Waals surface area contributed by atoms with Crippen LogP contribution in [-0.2, 0) is 5.66 Å². The van der Waals surface area contributed by atoms with Gasteiger partial charge in [0.2, 0.25) is 0 Å². The van der Waals surface area contributed by atoms with E-state index in [0.717, 1.165) is 5.56 Å². The van der Waals surface area contributed by atoms with Crippen molar-refractivity contribution in [2.24, 2.45) is 4.99 Å². The number of nitrogens with one attached hydrogen (secondary N) is 2. The van der Waals surface area contributed by atoms with Gasteiger partial charge in [-0.05, 0) is 18.7 Å². The zero-order chi connectivity index (χ0) is 9.86. The summed E-state index contributed by atoms with van der Waals surface area (Å²) in [7, 11) is 1.90. The Labute approximate surface area is 83.6 Å². The van der Waals surface area contributed by atoms with Crippen LogP contribution in [0, 0.1) is 0 Å². The maximum Gasteiger partial charge on any atom is 0.158 e. The number of aliphatic imine (C=N–C) groups is 1. The molecule has 1 unspecified atom stereocenters. The molecular weight excluding hydrogens is 174 g/mol. The topological polar surface area (TPSA) is 36.4 Å². The van der Waals surface area contributed by atoms with E-state index in [1.165, 1.54) is 0 Å². The van der Waals surface area contributed by atoms with E-state index in [-0.39, 0.29) is 0 Å². The first-order valence-electron chi connectivity index (χ1n) is 4.59. The van der Waals surface area contributed by atoms with Crippen molar-refractivity contribution in [2.45, 2.75) is 5.66 Å². The monoisotopic (exact) mass is 187 g/mol. The fourth-order valence-electron chi connectivity index (χ4n) is 1.55. The highest BCUT2D eigenvalue weighted by atomic mass is 15.2. The predicted octanol–water partition coefficient (Wildman–Crippen LogP) is 1.20. The van der Waals surface area contributed by atoms with Crippen LogP contribution in [0.25, 0.3) is 0 Å². The van der Waals surface area contributed by atoms with Gasteiger partial charge in [-0.2, -0.15) is 0 Å². The third-order valence-corrected chi connectivity index (χ3v) is 2.36. The summed E-state index contributed by atoms with van der Waals surface area (Å²) in [5.74, 6) is 0. The lowest BCUT2D eigenvalue weighted by molar-refractivity contribution is 0.474.